The molecule has 2 fully saturated rings. The standard InChI is InChI=1S/C25H26N2O6/c1-24(14-30-18-7-3-5-9-20(18)32-24)22(28)26-12-17-11-16(26)13-27(17)23(29)25(2)15-31-19-8-4-6-10-21(19)33-25/h3-10,16-17H,11-15H2,1-2H3/t16-,17-,24?,25?/m0/s1. The molecule has 2 aromatic rings. The van der Waals surface area contributed by atoms with Crippen molar-refractivity contribution in [3.05, 3.63) is 48.5 Å². The van der Waals surface area contributed by atoms with Crippen molar-refractivity contribution in [2.45, 2.75) is 43.6 Å². The van der Waals surface area contributed by atoms with E-state index in [1.165, 1.54) is 0 Å². The van der Waals surface area contributed by atoms with Gasteiger partial charge in [0.2, 0.25) is 11.2 Å². The first-order valence-electron chi connectivity index (χ1n) is 11.3. The van der Waals surface area contributed by atoms with E-state index in [0.717, 1.165) is 6.42 Å². The van der Waals surface area contributed by atoms with E-state index in [0.29, 0.717) is 36.1 Å². The van der Waals surface area contributed by atoms with Gasteiger partial charge in [-0.1, -0.05) is 24.3 Å². The van der Waals surface area contributed by atoms with Gasteiger partial charge in [0.25, 0.3) is 11.8 Å². The maximum absolute atomic E-state index is 13.5. The molecule has 0 aliphatic carbocycles. The zero-order valence-electron chi connectivity index (χ0n) is 18.7. The van der Waals surface area contributed by atoms with Crippen molar-refractivity contribution < 1.29 is 28.5 Å². The smallest absolute Gasteiger partial charge is 0.270 e. The SMILES string of the molecule is CC1(C(=O)N2C[C@@H]3C[C@H]2CN3C(=O)C2(C)COc3ccccc3O2)COc2ccccc2O1. The molecule has 6 rings (SSSR count). The van der Waals surface area contributed by atoms with E-state index in [2.05, 4.69) is 0 Å². The monoisotopic (exact) mass is 450 g/mol. The molecule has 2 saturated heterocycles. The summed E-state index contributed by atoms with van der Waals surface area (Å²) in [5.74, 6) is 2.23. The summed E-state index contributed by atoms with van der Waals surface area (Å²) in [6, 6.07) is 14.6. The number of piperazine rings is 1. The van der Waals surface area contributed by atoms with Gasteiger partial charge in [-0.25, -0.2) is 0 Å². The highest BCUT2D eigenvalue weighted by Gasteiger charge is 2.55. The van der Waals surface area contributed by atoms with Gasteiger partial charge in [-0.2, -0.15) is 0 Å². The van der Waals surface area contributed by atoms with E-state index in [-0.39, 0.29) is 37.1 Å². The molecule has 2 amide bonds. The van der Waals surface area contributed by atoms with Crippen molar-refractivity contribution in [3.8, 4) is 23.0 Å². The van der Waals surface area contributed by atoms with Crippen molar-refractivity contribution in [3.63, 3.8) is 0 Å². The van der Waals surface area contributed by atoms with Crippen LogP contribution in [-0.2, 0) is 9.59 Å². The predicted octanol–water partition coefficient (Wildman–Crippen LogP) is 2.26. The molecule has 4 atom stereocenters. The van der Waals surface area contributed by atoms with E-state index >= 15 is 0 Å². The number of hydrogen-bond donors (Lipinski definition) is 0. The van der Waals surface area contributed by atoms with E-state index < -0.39 is 11.2 Å². The van der Waals surface area contributed by atoms with Crippen LogP contribution in [0.15, 0.2) is 48.5 Å². The fourth-order valence-electron chi connectivity index (χ4n) is 5.27. The van der Waals surface area contributed by atoms with Crippen LogP contribution in [0.25, 0.3) is 0 Å². The van der Waals surface area contributed by atoms with Crippen LogP contribution in [-0.4, -0.2) is 71.2 Å². The second-order valence-corrected chi connectivity index (χ2v) is 9.60. The van der Waals surface area contributed by atoms with Gasteiger partial charge >= 0.3 is 0 Å². The number of nitrogens with zero attached hydrogens (tertiary/aromatic N) is 2. The normalized spacial score (nSPS) is 31.5. The van der Waals surface area contributed by atoms with Gasteiger partial charge in [0.1, 0.15) is 13.2 Å². The maximum Gasteiger partial charge on any atom is 0.270 e. The Labute approximate surface area is 192 Å². The van der Waals surface area contributed by atoms with Crippen LogP contribution < -0.4 is 18.9 Å². The Balaban J connectivity index is 1.15. The summed E-state index contributed by atoms with van der Waals surface area (Å²) in [5.41, 5.74) is -2.19. The lowest BCUT2D eigenvalue weighted by Gasteiger charge is -2.43. The molecule has 172 valence electrons. The molecule has 0 N–H and O–H groups in total. The minimum Gasteiger partial charge on any atom is -0.485 e. The van der Waals surface area contributed by atoms with Gasteiger partial charge in [0.05, 0.1) is 12.1 Å². The van der Waals surface area contributed by atoms with E-state index in [4.69, 9.17) is 18.9 Å². The number of carbonyl (C=O) groups excluding carboxylic acids is 2. The molecule has 0 spiro atoms. The highest BCUT2D eigenvalue weighted by Crippen LogP contribution is 2.40. The summed E-state index contributed by atoms with van der Waals surface area (Å²) in [4.78, 5) is 30.6. The minimum absolute atomic E-state index is 0.0514. The number of ether oxygens (including phenoxy) is 4. The Morgan fingerprint density at radius 3 is 1.52 bits per heavy atom. The van der Waals surface area contributed by atoms with Crippen LogP contribution in [0, 0.1) is 0 Å². The van der Waals surface area contributed by atoms with Gasteiger partial charge in [0.15, 0.2) is 23.0 Å². The third-order valence-electron chi connectivity index (χ3n) is 7.04. The largest absolute Gasteiger partial charge is 0.485 e. The second kappa shape index (κ2) is 7.04. The molecule has 4 heterocycles. The highest BCUT2D eigenvalue weighted by molar-refractivity contribution is 5.89. The molecule has 8 nitrogen and oxygen atoms in total. The lowest BCUT2D eigenvalue weighted by molar-refractivity contribution is -0.160. The maximum atomic E-state index is 13.5. The molecule has 33 heavy (non-hydrogen) atoms. The number of amides is 2. The summed E-state index contributed by atoms with van der Waals surface area (Å²) in [6.07, 6.45) is 0.749. The Morgan fingerprint density at radius 1 is 0.727 bits per heavy atom. The van der Waals surface area contributed by atoms with Crippen molar-refractivity contribution >= 4 is 11.8 Å². The fourth-order valence-corrected chi connectivity index (χ4v) is 5.27. The van der Waals surface area contributed by atoms with Gasteiger partial charge in [0, 0.05) is 13.1 Å². The number of para-hydroxylation sites is 4. The molecule has 0 saturated carbocycles. The summed E-state index contributed by atoms with van der Waals surface area (Å²) in [5, 5.41) is 0. The number of fused-ring (bicyclic) bond motifs is 4. The highest BCUT2D eigenvalue weighted by atomic mass is 16.6. The molecule has 4 aliphatic rings. The van der Waals surface area contributed by atoms with E-state index in [9.17, 15) is 9.59 Å². The number of rotatable bonds is 2. The number of carbonyl (C=O) groups is 2. The van der Waals surface area contributed by atoms with Crippen molar-refractivity contribution in [2.24, 2.45) is 0 Å². The zero-order valence-corrected chi connectivity index (χ0v) is 18.7. The van der Waals surface area contributed by atoms with Crippen LogP contribution in [0.5, 0.6) is 23.0 Å². The molecule has 2 bridgehead atoms. The molecule has 2 unspecified atom stereocenters. The fraction of sp³-hybridized carbons (Fsp3) is 0.440. The lowest BCUT2D eigenvalue weighted by Crippen LogP contribution is -2.63. The van der Waals surface area contributed by atoms with Crippen LogP contribution in [0.4, 0.5) is 0 Å². The van der Waals surface area contributed by atoms with Gasteiger partial charge in [-0.3, -0.25) is 9.59 Å². The van der Waals surface area contributed by atoms with Crippen LogP contribution >= 0.6 is 0 Å². The first kappa shape index (κ1) is 20.2. The van der Waals surface area contributed by atoms with Crippen LogP contribution in [0.2, 0.25) is 0 Å². The molecule has 8 heteroatoms. The van der Waals surface area contributed by atoms with Crippen LogP contribution in [0.1, 0.15) is 20.3 Å². The summed E-state index contributed by atoms with van der Waals surface area (Å²) < 4.78 is 23.8. The average molecular weight is 450 g/mol. The molecule has 0 radical (unpaired) electrons. The van der Waals surface area contributed by atoms with E-state index in [1.807, 2.05) is 58.3 Å². The Kier molecular flexibility index (Phi) is 4.31. The third kappa shape index (κ3) is 3.11. The summed E-state index contributed by atoms with van der Waals surface area (Å²) in [7, 11) is 0. The molecular weight excluding hydrogens is 424 g/mol. The lowest BCUT2D eigenvalue weighted by atomic mass is 10.0. The third-order valence-corrected chi connectivity index (χ3v) is 7.04. The van der Waals surface area contributed by atoms with Gasteiger partial charge in [-0.15, -0.1) is 0 Å². The second-order valence-electron chi connectivity index (χ2n) is 9.60. The van der Waals surface area contributed by atoms with Crippen molar-refractivity contribution in [2.75, 3.05) is 26.3 Å². The van der Waals surface area contributed by atoms with Gasteiger partial charge in [-0.05, 0) is 44.5 Å². The van der Waals surface area contributed by atoms with Crippen molar-refractivity contribution in [1.82, 2.24) is 9.80 Å². The zero-order chi connectivity index (χ0) is 22.8. The quantitative estimate of drug-likeness (QED) is 0.699. The molecule has 4 aliphatic heterocycles. The number of hydrogen-bond acceptors (Lipinski definition) is 6. The Hall–Kier alpha value is -3.42. The number of likely N-dealkylation sites (tertiary alicyclic amines) is 2. The molecule has 2 aromatic carbocycles. The molecule has 0 aromatic heterocycles. The number of benzene rings is 2. The topological polar surface area (TPSA) is 77.5 Å². The first-order chi connectivity index (χ1) is 15.9. The summed E-state index contributed by atoms with van der Waals surface area (Å²) >= 11 is 0. The van der Waals surface area contributed by atoms with E-state index in [1.54, 1.807) is 13.8 Å². The van der Waals surface area contributed by atoms with Crippen LogP contribution in [0.3, 0.4) is 0 Å². The predicted molar refractivity (Wildman–Crippen MR) is 118 cm³/mol. The average Bonchev–Trinajstić information content (AvgIpc) is 3.44. The Bertz CT molecular complexity index is 1050. The van der Waals surface area contributed by atoms with Crippen molar-refractivity contribution in [1.29, 1.82) is 0 Å². The Morgan fingerprint density at radius 2 is 1.12 bits per heavy atom. The molecular formula is C25H26N2O6. The minimum atomic E-state index is -1.09. The first-order valence-corrected chi connectivity index (χ1v) is 11.3. The summed E-state index contributed by atoms with van der Waals surface area (Å²) in [6.45, 7) is 4.80. The van der Waals surface area contributed by atoms with Gasteiger partial charge < -0.3 is 28.7 Å².